The molecule has 1 aromatic rings. The number of nitrogens with two attached hydrogens (primary N) is 1. The maximum Gasteiger partial charge on any atom is 0.252 e. The standard InChI is InChI=1S/C12H18N2O3S3/c1-8-5-6-14(7-9(8)17-2)20(15,16)11-4-3-10(19-11)12(13)18/h3-4,8-9H,5-7H2,1-2H3,(H2,13,18). The van der Waals surface area contributed by atoms with E-state index < -0.39 is 10.0 Å². The number of methoxy groups -OCH3 is 1. The average molecular weight is 334 g/mol. The van der Waals surface area contributed by atoms with Crippen LogP contribution in [0.2, 0.25) is 0 Å². The lowest BCUT2D eigenvalue weighted by Gasteiger charge is -2.35. The van der Waals surface area contributed by atoms with Gasteiger partial charge in [-0.2, -0.15) is 4.31 Å². The molecule has 1 aliphatic heterocycles. The highest BCUT2D eigenvalue weighted by atomic mass is 32.2. The molecule has 2 N–H and O–H groups in total. The Morgan fingerprint density at radius 1 is 1.55 bits per heavy atom. The molecule has 2 unspecified atom stereocenters. The van der Waals surface area contributed by atoms with Crippen LogP contribution in [-0.2, 0) is 14.8 Å². The molecule has 0 aromatic carbocycles. The van der Waals surface area contributed by atoms with Gasteiger partial charge in [-0.15, -0.1) is 11.3 Å². The van der Waals surface area contributed by atoms with Gasteiger partial charge in [0.2, 0.25) is 0 Å². The highest BCUT2D eigenvalue weighted by Gasteiger charge is 2.34. The van der Waals surface area contributed by atoms with Crippen LogP contribution in [0.1, 0.15) is 18.2 Å². The molecule has 8 heteroatoms. The molecule has 0 bridgehead atoms. The molecule has 2 atom stereocenters. The third kappa shape index (κ3) is 3.04. The summed E-state index contributed by atoms with van der Waals surface area (Å²) in [5, 5.41) is 0. The largest absolute Gasteiger partial charge is 0.389 e. The normalized spacial score (nSPS) is 24.7. The zero-order chi connectivity index (χ0) is 14.9. The number of nitrogens with zero attached hydrogens (tertiary/aromatic N) is 1. The Balaban J connectivity index is 2.23. The van der Waals surface area contributed by atoms with Crippen LogP contribution >= 0.6 is 23.6 Å². The second-order valence-electron chi connectivity index (χ2n) is 4.89. The van der Waals surface area contributed by atoms with E-state index in [1.165, 1.54) is 4.31 Å². The van der Waals surface area contributed by atoms with Crippen molar-refractivity contribution in [2.75, 3.05) is 20.2 Å². The molecule has 0 aliphatic carbocycles. The second-order valence-corrected chi connectivity index (χ2v) is 8.57. The van der Waals surface area contributed by atoms with Crippen LogP contribution in [0, 0.1) is 5.92 Å². The molecule has 5 nitrogen and oxygen atoms in total. The van der Waals surface area contributed by atoms with Gasteiger partial charge in [-0.25, -0.2) is 8.42 Å². The van der Waals surface area contributed by atoms with Crippen LogP contribution in [0.4, 0.5) is 0 Å². The molecular weight excluding hydrogens is 316 g/mol. The number of hydrogen-bond acceptors (Lipinski definition) is 5. The van der Waals surface area contributed by atoms with Crippen molar-refractivity contribution in [2.45, 2.75) is 23.7 Å². The maximum atomic E-state index is 12.6. The third-order valence-corrected chi connectivity index (χ3v) is 7.37. The van der Waals surface area contributed by atoms with Gasteiger partial charge in [0.05, 0.1) is 11.0 Å². The quantitative estimate of drug-likeness (QED) is 0.843. The fraction of sp³-hybridized carbons (Fsp3) is 0.583. The average Bonchev–Trinajstić information content (AvgIpc) is 2.89. The Bertz CT molecular complexity index is 597. The molecule has 0 radical (unpaired) electrons. The molecule has 0 amide bonds. The van der Waals surface area contributed by atoms with E-state index in [9.17, 15) is 8.42 Å². The van der Waals surface area contributed by atoms with E-state index in [0.717, 1.165) is 17.8 Å². The lowest BCUT2D eigenvalue weighted by atomic mass is 9.97. The van der Waals surface area contributed by atoms with Gasteiger partial charge in [-0.3, -0.25) is 0 Å². The molecule has 0 saturated carbocycles. The molecule has 1 aliphatic rings. The third-order valence-electron chi connectivity index (χ3n) is 3.57. The summed E-state index contributed by atoms with van der Waals surface area (Å²) in [6.45, 7) is 2.98. The minimum Gasteiger partial charge on any atom is -0.389 e. The van der Waals surface area contributed by atoms with E-state index in [4.69, 9.17) is 22.7 Å². The number of thiocarbonyl (C=S) groups is 1. The maximum absolute atomic E-state index is 12.6. The Hall–Kier alpha value is -0.540. The number of rotatable bonds is 4. The number of thiophene rings is 1. The smallest absolute Gasteiger partial charge is 0.252 e. The Morgan fingerprint density at radius 2 is 2.25 bits per heavy atom. The van der Waals surface area contributed by atoms with Crippen LogP contribution in [0.25, 0.3) is 0 Å². The van der Waals surface area contributed by atoms with Crippen molar-refractivity contribution in [1.82, 2.24) is 4.31 Å². The fourth-order valence-electron chi connectivity index (χ4n) is 2.25. The van der Waals surface area contributed by atoms with Gasteiger partial charge in [-0.1, -0.05) is 19.1 Å². The topological polar surface area (TPSA) is 72.6 Å². The van der Waals surface area contributed by atoms with Gasteiger partial charge in [0, 0.05) is 20.2 Å². The Labute approximate surface area is 128 Å². The number of piperidine rings is 1. The summed E-state index contributed by atoms with van der Waals surface area (Å²) in [6, 6.07) is 3.22. The molecule has 1 aromatic heterocycles. The van der Waals surface area contributed by atoms with Crippen LogP contribution in [0.15, 0.2) is 16.3 Å². The van der Waals surface area contributed by atoms with E-state index in [1.54, 1.807) is 19.2 Å². The van der Waals surface area contributed by atoms with Crippen LogP contribution in [-0.4, -0.2) is 44.0 Å². The molecule has 1 fully saturated rings. The fourth-order valence-corrected chi connectivity index (χ4v) is 5.22. The SMILES string of the molecule is COC1CN(S(=O)(=O)c2ccc(C(N)=S)s2)CCC1C. The lowest BCUT2D eigenvalue weighted by molar-refractivity contribution is 0.0184. The van der Waals surface area contributed by atoms with Gasteiger partial charge < -0.3 is 10.5 Å². The van der Waals surface area contributed by atoms with Crippen molar-refractivity contribution < 1.29 is 13.2 Å². The summed E-state index contributed by atoms with van der Waals surface area (Å²) >= 11 is 5.98. The minimum absolute atomic E-state index is 0.0615. The molecular formula is C12H18N2O3S3. The number of ether oxygens (including phenoxy) is 1. The van der Waals surface area contributed by atoms with Crippen molar-refractivity contribution in [3.05, 3.63) is 17.0 Å². The van der Waals surface area contributed by atoms with Gasteiger partial charge in [0.15, 0.2) is 0 Å². The van der Waals surface area contributed by atoms with Crippen molar-refractivity contribution in [2.24, 2.45) is 11.7 Å². The van der Waals surface area contributed by atoms with Crippen LogP contribution in [0.3, 0.4) is 0 Å². The van der Waals surface area contributed by atoms with E-state index in [2.05, 4.69) is 6.92 Å². The second kappa shape index (κ2) is 6.07. The predicted octanol–water partition coefficient (Wildman–Crippen LogP) is 1.43. The van der Waals surface area contributed by atoms with Gasteiger partial charge in [-0.05, 0) is 24.5 Å². The van der Waals surface area contributed by atoms with Crippen molar-refractivity contribution in [1.29, 1.82) is 0 Å². The molecule has 1 saturated heterocycles. The summed E-state index contributed by atoms with van der Waals surface area (Å²) in [6.07, 6.45) is 0.735. The van der Waals surface area contributed by atoms with Crippen molar-refractivity contribution in [3.63, 3.8) is 0 Å². The number of sulfonamides is 1. The first-order valence-corrected chi connectivity index (χ1v) is 8.95. The molecule has 0 spiro atoms. The first kappa shape index (κ1) is 15.8. The molecule has 112 valence electrons. The van der Waals surface area contributed by atoms with E-state index in [1.807, 2.05) is 0 Å². The van der Waals surface area contributed by atoms with Gasteiger partial charge in [0.1, 0.15) is 9.20 Å². The van der Waals surface area contributed by atoms with Gasteiger partial charge in [0.25, 0.3) is 10.0 Å². The number of hydrogen-bond donors (Lipinski definition) is 1. The summed E-state index contributed by atoms with van der Waals surface area (Å²) in [5.74, 6) is 0.363. The Morgan fingerprint density at radius 3 is 2.80 bits per heavy atom. The first-order chi connectivity index (χ1) is 9.36. The molecule has 2 rings (SSSR count). The lowest BCUT2D eigenvalue weighted by Crippen LogP contribution is -2.46. The van der Waals surface area contributed by atoms with E-state index in [0.29, 0.717) is 23.9 Å². The van der Waals surface area contributed by atoms with E-state index >= 15 is 0 Å². The summed E-state index contributed by atoms with van der Waals surface area (Å²) < 4.78 is 32.3. The summed E-state index contributed by atoms with van der Waals surface area (Å²) in [4.78, 5) is 0.839. The van der Waals surface area contributed by atoms with Gasteiger partial charge >= 0.3 is 0 Å². The summed E-state index contributed by atoms with van der Waals surface area (Å²) in [7, 11) is -1.87. The zero-order valence-electron chi connectivity index (χ0n) is 11.4. The Kier molecular flexibility index (Phi) is 4.80. The molecule has 20 heavy (non-hydrogen) atoms. The molecule has 2 heterocycles. The highest BCUT2D eigenvalue weighted by Crippen LogP contribution is 2.29. The van der Waals surface area contributed by atoms with Crippen LogP contribution in [0.5, 0.6) is 0 Å². The van der Waals surface area contributed by atoms with Crippen LogP contribution < -0.4 is 5.73 Å². The first-order valence-electron chi connectivity index (χ1n) is 6.29. The summed E-state index contributed by atoms with van der Waals surface area (Å²) in [5.41, 5.74) is 5.52. The van der Waals surface area contributed by atoms with Crippen molar-refractivity contribution >= 4 is 38.6 Å². The minimum atomic E-state index is -3.48. The zero-order valence-corrected chi connectivity index (χ0v) is 13.9. The van der Waals surface area contributed by atoms with E-state index in [-0.39, 0.29) is 15.3 Å². The predicted molar refractivity (Wildman–Crippen MR) is 83.5 cm³/mol. The highest BCUT2D eigenvalue weighted by molar-refractivity contribution is 7.91. The van der Waals surface area contributed by atoms with Crippen molar-refractivity contribution in [3.8, 4) is 0 Å². The monoisotopic (exact) mass is 334 g/mol.